The standard InChI is InChI=1S/C12H18N2O5S2/c1-10-9-14(7-8-19-10)21(17,18)12-5-3-11(4-6-12)13-20(2,15)16/h3-6,10,13H,7-9H2,1-2H3. The molecule has 1 atom stereocenters. The zero-order valence-corrected chi connectivity index (χ0v) is 13.4. The summed E-state index contributed by atoms with van der Waals surface area (Å²) in [4.78, 5) is 0.135. The van der Waals surface area contributed by atoms with Gasteiger partial charge in [-0.05, 0) is 31.2 Å². The van der Waals surface area contributed by atoms with E-state index in [0.29, 0.717) is 25.4 Å². The largest absolute Gasteiger partial charge is 0.376 e. The Kier molecular flexibility index (Phi) is 4.57. The van der Waals surface area contributed by atoms with Crippen molar-refractivity contribution in [2.75, 3.05) is 30.7 Å². The zero-order valence-electron chi connectivity index (χ0n) is 11.8. The number of benzene rings is 1. The van der Waals surface area contributed by atoms with Gasteiger partial charge in [-0.2, -0.15) is 4.31 Å². The first-order chi connectivity index (χ1) is 9.68. The average molecular weight is 334 g/mol. The molecule has 1 fully saturated rings. The Bertz CT molecular complexity index is 698. The number of ether oxygens (including phenoxy) is 1. The number of nitrogens with one attached hydrogen (secondary N) is 1. The molecule has 1 aromatic rings. The van der Waals surface area contributed by atoms with Gasteiger partial charge in [-0.3, -0.25) is 4.72 Å². The second-order valence-corrected chi connectivity index (χ2v) is 8.63. The molecule has 0 bridgehead atoms. The van der Waals surface area contributed by atoms with Gasteiger partial charge >= 0.3 is 0 Å². The molecule has 2 rings (SSSR count). The Balaban J connectivity index is 2.21. The molecule has 0 amide bonds. The first-order valence-corrected chi connectivity index (χ1v) is 9.71. The van der Waals surface area contributed by atoms with Gasteiger partial charge in [0.2, 0.25) is 20.0 Å². The molecule has 118 valence electrons. The van der Waals surface area contributed by atoms with E-state index in [1.165, 1.54) is 28.6 Å². The van der Waals surface area contributed by atoms with Crippen LogP contribution in [0.2, 0.25) is 0 Å². The van der Waals surface area contributed by atoms with Crippen LogP contribution in [0, 0.1) is 0 Å². The lowest BCUT2D eigenvalue weighted by atomic mass is 10.3. The smallest absolute Gasteiger partial charge is 0.243 e. The molecular formula is C12H18N2O5S2. The second kappa shape index (κ2) is 5.91. The Labute approximate surface area is 125 Å². The SMILES string of the molecule is CC1CN(S(=O)(=O)c2ccc(NS(C)(=O)=O)cc2)CCO1. The number of nitrogens with zero attached hydrogens (tertiary/aromatic N) is 1. The van der Waals surface area contributed by atoms with Crippen LogP contribution in [-0.4, -0.2) is 53.2 Å². The van der Waals surface area contributed by atoms with Crippen LogP contribution in [0.5, 0.6) is 0 Å². The number of rotatable bonds is 4. The van der Waals surface area contributed by atoms with Crippen molar-refractivity contribution in [1.82, 2.24) is 4.31 Å². The Morgan fingerprint density at radius 2 is 1.81 bits per heavy atom. The molecule has 1 unspecified atom stereocenters. The Morgan fingerprint density at radius 3 is 2.33 bits per heavy atom. The van der Waals surface area contributed by atoms with E-state index < -0.39 is 20.0 Å². The first-order valence-electron chi connectivity index (χ1n) is 6.38. The molecule has 1 aromatic carbocycles. The quantitative estimate of drug-likeness (QED) is 0.864. The monoisotopic (exact) mass is 334 g/mol. The van der Waals surface area contributed by atoms with E-state index in [1.54, 1.807) is 0 Å². The predicted octanol–water partition coefficient (Wildman–Crippen LogP) is 0.468. The lowest BCUT2D eigenvalue weighted by molar-refractivity contribution is 0.0102. The summed E-state index contributed by atoms with van der Waals surface area (Å²) in [7, 11) is -6.96. The van der Waals surface area contributed by atoms with Gasteiger partial charge in [0.1, 0.15) is 0 Å². The molecule has 0 radical (unpaired) electrons. The van der Waals surface area contributed by atoms with Crippen LogP contribution in [0.4, 0.5) is 5.69 Å². The van der Waals surface area contributed by atoms with Crippen molar-refractivity contribution in [2.24, 2.45) is 0 Å². The summed E-state index contributed by atoms with van der Waals surface area (Å²) in [6.07, 6.45) is 0.895. The molecule has 1 heterocycles. The summed E-state index contributed by atoms with van der Waals surface area (Å²) in [6, 6.07) is 5.64. The van der Waals surface area contributed by atoms with Crippen molar-refractivity contribution in [3.63, 3.8) is 0 Å². The average Bonchev–Trinajstić information content (AvgIpc) is 2.37. The van der Waals surface area contributed by atoms with Crippen molar-refractivity contribution >= 4 is 25.7 Å². The van der Waals surface area contributed by atoms with Gasteiger partial charge in [0.25, 0.3) is 0 Å². The highest BCUT2D eigenvalue weighted by Gasteiger charge is 2.28. The Hall–Kier alpha value is -1.16. The van der Waals surface area contributed by atoms with Gasteiger partial charge in [0.05, 0.1) is 23.9 Å². The van der Waals surface area contributed by atoms with Crippen LogP contribution in [0.15, 0.2) is 29.2 Å². The second-order valence-electron chi connectivity index (χ2n) is 4.94. The predicted molar refractivity (Wildman–Crippen MR) is 79.1 cm³/mol. The third-order valence-electron chi connectivity index (χ3n) is 3.00. The fourth-order valence-electron chi connectivity index (χ4n) is 2.06. The number of hydrogen-bond donors (Lipinski definition) is 1. The van der Waals surface area contributed by atoms with E-state index in [0.717, 1.165) is 6.26 Å². The molecule has 1 saturated heterocycles. The van der Waals surface area contributed by atoms with E-state index in [4.69, 9.17) is 4.74 Å². The topological polar surface area (TPSA) is 92.8 Å². The van der Waals surface area contributed by atoms with Crippen molar-refractivity contribution in [3.8, 4) is 0 Å². The molecule has 21 heavy (non-hydrogen) atoms. The maximum atomic E-state index is 12.5. The minimum atomic E-state index is -3.58. The fraction of sp³-hybridized carbons (Fsp3) is 0.500. The van der Waals surface area contributed by atoms with Crippen LogP contribution < -0.4 is 4.72 Å². The summed E-state index contributed by atoms with van der Waals surface area (Å²) in [5.74, 6) is 0. The zero-order chi connectivity index (χ0) is 15.7. The molecular weight excluding hydrogens is 316 g/mol. The molecule has 7 nitrogen and oxygen atoms in total. The summed E-state index contributed by atoms with van der Waals surface area (Å²) in [5.41, 5.74) is 0.326. The van der Waals surface area contributed by atoms with E-state index in [9.17, 15) is 16.8 Å². The lowest BCUT2D eigenvalue weighted by Crippen LogP contribution is -2.44. The fourth-order valence-corrected chi connectivity index (χ4v) is 4.13. The van der Waals surface area contributed by atoms with Crippen molar-refractivity contribution < 1.29 is 21.6 Å². The van der Waals surface area contributed by atoms with Gasteiger partial charge in [-0.1, -0.05) is 0 Å². The number of hydrogen-bond acceptors (Lipinski definition) is 5. The number of sulfonamides is 2. The van der Waals surface area contributed by atoms with Crippen molar-refractivity contribution in [1.29, 1.82) is 0 Å². The highest BCUT2D eigenvalue weighted by Crippen LogP contribution is 2.20. The molecule has 0 aromatic heterocycles. The minimum Gasteiger partial charge on any atom is -0.376 e. The summed E-state index contributed by atoms with van der Waals surface area (Å²) in [6.45, 7) is 2.82. The van der Waals surface area contributed by atoms with E-state index in [-0.39, 0.29) is 11.0 Å². The molecule has 0 spiro atoms. The summed E-state index contributed by atoms with van der Waals surface area (Å²) < 4.78 is 56.1. The number of anilines is 1. The number of morpholine rings is 1. The molecule has 0 saturated carbocycles. The van der Waals surface area contributed by atoms with E-state index >= 15 is 0 Å². The highest BCUT2D eigenvalue weighted by molar-refractivity contribution is 7.92. The molecule has 0 aliphatic carbocycles. The Morgan fingerprint density at radius 1 is 1.19 bits per heavy atom. The summed E-state index contributed by atoms with van der Waals surface area (Å²) in [5, 5.41) is 0. The van der Waals surface area contributed by atoms with Crippen molar-refractivity contribution in [3.05, 3.63) is 24.3 Å². The summed E-state index contributed by atoms with van der Waals surface area (Å²) >= 11 is 0. The van der Waals surface area contributed by atoms with Crippen LogP contribution in [0.25, 0.3) is 0 Å². The van der Waals surface area contributed by atoms with Gasteiger partial charge in [0, 0.05) is 18.8 Å². The van der Waals surface area contributed by atoms with Crippen LogP contribution in [-0.2, 0) is 24.8 Å². The maximum Gasteiger partial charge on any atom is 0.243 e. The van der Waals surface area contributed by atoms with Crippen LogP contribution >= 0.6 is 0 Å². The maximum absolute atomic E-state index is 12.5. The molecule has 9 heteroatoms. The van der Waals surface area contributed by atoms with Crippen LogP contribution in [0.1, 0.15) is 6.92 Å². The van der Waals surface area contributed by atoms with Gasteiger partial charge in [0.15, 0.2) is 0 Å². The normalized spacial score (nSPS) is 21.1. The molecule has 1 aliphatic heterocycles. The highest BCUT2D eigenvalue weighted by atomic mass is 32.2. The molecule has 1 N–H and O–H groups in total. The van der Waals surface area contributed by atoms with Crippen molar-refractivity contribution in [2.45, 2.75) is 17.9 Å². The van der Waals surface area contributed by atoms with Gasteiger partial charge in [-0.15, -0.1) is 0 Å². The van der Waals surface area contributed by atoms with Gasteiger partial charge < -0.3 is 4.74 Å². The third-order valence-corrected chi connectivity index (χ3v) is 5.49. The minimum absolute atomic E-state index is 0.135. The third kappa shape index (κ3) is 4.16. The molecule has 1 aliphatic rings. The van der Waals surface area contributed by atoms with E-state index in [2.05, 4.69) is 4.72 Å². The lowest BCUT2D eigenvalue weighted by Gasteiger charge is -2.30. The van der Waals surface area contributed by atoms with Crippen LogP contribution in [0.3, 0.4) is 0 Å². The first kappa shape index (κ1) is 16.2. The van der Waals surface area contributed by atoms with E-state index in [1.807, 2.05) is 6.92 Å². The van der Waals surface area contributed by atoms with Gasteiger partial charge in [-0.25, -0.2) is 16.8 Å².